The molecule has 21 heavy (non-hydrogen) atoms. The molecular formula is C16H22F2N2O. The Morgan fingerprint density at radius 3 is 2.52 bits per heavy atom. The average Bonchev–Trinajstić information content (AvgIpc) is 2.41. The quantitative estimate of drug-likeness (QED) is 0.890. The van der Waals surface area contributed by atoms with Crippen molar-refractivity contribution in [2.75, 3.05) is 5.32 Å². The number of nitrogens with two attached hydrogens (primary N) is 1. The van der Waals surface area contributed by atoms with E-state index in [0.717, 1.165) is 25.3 Å². The van der Waals surface area contributed by atoms with Gasteiger partial charge in [0.1, 0.15) is 11.6 Å². The normalized spacial score (nSPS) is 22.3. The summed E-state index contributed by atoms with van der Waals surface area (Å²) in [6.07, 6.45) is 4.32. The number of rotatable bonds is 4. The van der Waals surface area contributed by atoms with E-state index in [-0.39, 0.29) is 17.3 Å². The van der Waals surface area contributed by atoms with Gasteiger partial charge in [-0.2, -0.15) is 0 Å². The third-order valence-electron chi connectivity index (χ3n) is 4.34. The monoisotopic (exact) mass is 296 g/mol. The van der Waals surface area contributed by atoms with E-state index in [1.807, 2.05) is 0 Å². The molecule has 2 unspecified atom stereocenters. The summed E-state index contributed by atoms with van der Waals surface area (Å²) >= 11 is 0. The number of amides is 1. The van der Waals surface area contributed by atoms with Gasteiger partial charge in [-0.1, -0.05) is 26.7 Å². The molecule has 2 rings (SSSR count). The molecule has 5 heteroatoms. The first-order chi connectivity index (χ1) is 9.90. The minimum atomic E-state index is -0.922. The molecule has 116 valence electrons. The molecule has 2 atom stereocenters. The largest absolute Gasteiger partial charge is 0.380 e. The first-order valence-electron chi connectivity index (χ1n) is 7.45. The van der Waals surface area contributed by atoms with Crippen LogP contribution in [0.1, 0.15) is 49.9 Å². The van der Waals surface area contributed by atoms with Gasteiger partial charge in [0, 0.05) is 12.1 Å². The number of carbonyl (C=O) groups excluding carboxylic acids is 1. The Balaban J connectivity index is 2.25. The number of hydrogen-bond donors (Lipinski definition) is 2. The Kier molecular flexibility index (Phi) is 4.80. The van der Waals surface area contributed by atoms with Gasteiger partial charge in [0.25, 0.3) is 5.91 Å². The van der Waals surface area contributed by atoms with Crippen LogP contribution < -0.4 is 11.1 Å². The maximum Gasteiger partial charge on any atom is 0.251 e. The molecule has 3 N–H and O–H groups in total. The first kappa shape index (κ1) is 15.7. The Hall–Kier alpha value is -1.65. The average molecular weight is 296 g/mol. The Morgan fingerprint density at radius 2 is 1.90 bits per heavy atom. The third kappa shape index (κ3) is 3.52. The van der Waals surface area contributed by atoms with E-state index >= 15 is 0 Å². The van der Waals surface area contributed by atoms with Gasteiger partial charge in [-0.25, -0.2) is 8.78 Å². The molecule has 0 radical (unpaired) electrons. The summed E-state index contributed by atoms with van der Waals surface area (Å²) in [5, 5.41) is 3.15. The van der Waals surface area contributed by atoms with Crippen LogP contribution >= 0.6 is 0 Å². The highest BCUT2D eigenvalue weighted by atomic mass is 19.1. The Bertz CT molecular complexity index is 531. The first-order valence-corrected chi connectivity index (χ1v) is 7.45. The lowest BCUT2D eigenvalue weighted by molar-refractivity contribution is 0.0996. The molecule has 0 aromatic heterocycles. The molecule has 1 fully saturated rings. The standard InChI is InChI=1S/C16H22F2N2O/c1-9(2)10-5-3-4-6-14(10)20-15-7-11(16(19)21)12(17)8-13(15)18/h7-10,14,20H,3-6H2,1-2H3,(H2,19,21). The molecule has 3 nitrogen and oxygen atoms in total. The van der Waals surface area contributed by atoms with Gasteiger partial charge >= 0.3 is 0 Å². The summed E-state index contributed by atoms with van der Waals surface area (Å²) in [5.41, 5.74) is 4.99. The van der Waals surface area contributed by atoms with E-state index in [0.29, 0.717) is 11.8 Å². The highest BCUT2D eigenvalue weighted by Crippen LogP contribution is 2.33. The van der Waals surface area contributed by atoms with Crippen LogP contribution in [0.2, 0.25) is 0 Å². The second kappa shape index (κ2) is 6.41. The molecule has 0 saturated heterocycles. The summed E-state index contributed by atoms with van der Waals surface area (Å²) in [6.45, 7) is 4.31. The number of hydrogen-bond acceptors (Lipinski definition) is 2. The van der Waals surface area contributed by atoms with Crippen molar-refractivity contribution in [3.63, 3.8) is 0 Å². The molecule has 0 bridgehead atoms. The fourth-order valence-electron chi connectivity index (χ4n) is 3.18. The Labute approximate surface area is 123 Å². The summed E-state index contributed by atoms with van der Waals surface area (Å²) < 4.78 is 27.4. The van der Waals surface area contributed by atoms with Crippen molar-refractivity contribution in [2.24, 2.45) is 17.6 Å². The number of carbonyl (C=O) groups is 1. The van der Waals surface area contributed by atoms with Crippen molar-refractivity contribution in [3.8, 4) is 0 Å². The Morgan fingerprint density at radius 1 is 1.24 bits per heavy atom. The summed E-state index contributed by atoms with van der Waals surface area (Å²) in [5.74, 6) is -1.57. The molecule has 1 amide bonds. The van der Waals surface area contributed by atoms with Crippen molar-refractivity contribution >= 4 is 11.6 Å². The van der Waals surface area contributed by atoms with Crippen LogP contribution in [0.15, 0.2) is 12.1 Å². The molecular weight excluding hydrogens is 274 g/mol. The van der Waals surface area contributed by atoms with Crippen LogP contribution in [0.5, 0.6) is 0 Å². The van der Waals surface area contributed by atoms with Crippen LogP contribution in [0.3, 0.4) is 0 Å². The second-order valence-electron chi connectivity index (χ2n) is 6.12. The predicted molar refractivity (Wildman–Crippen MR) is 79.1 cm³/mol. The molecule has 1 aliphatic carbocycles. The molecule has 0 aliphatic heterocycles. The van der Waals surface area contributed by atoms with Crippen LogP contribution in [0.4, 0.5) is 14.5 Å². The lowest BCUT2D eigenvalue weighted by atomic mass is 9.77. The van der Waals surface area contributed by atoms with Gasteiger partial charge in [0.15, 0.2) is 0 Å². The topological polar surface area (TPSA) is 55.1 Å². The van der Waals surface area contributed by atoms with Crippen molar-refractivity contribution in [1.29, 1.82) is 0 Å². The van der Waals surface area contributed by atoms with E-state index in [2.05, 4.69) is 19.2 Å². The van der Waals surface area contributed by atoms with Gasteiger partial charge in [-0.15, -0.1) is 0 Å². The highest BCUT2D eigenvalue weighted by Gasteiger charge is 2.28. The summed E-state index contributed by atoms with van der Waals surface area (Å²) in [6, 6.07) is 2.04. The number of nitrogens with one attached hydrogen (secondary N) is 1. The number of halogens is 2. The zero-order valence-corrected chi connectivity index (χ0v) is 12.5. The zero-order valence-electron chi connectivity index (χ0n) is 12.5. The molecule has 0 spiro atoms. The minimum absolute atomic E-state index is 0.138. The molecule has 1 saturated carbocycles. The molecule has 1 aromatic rings. The molecule has 0 heterocycles. The maximum atomic E-state index is 13.9. The number of anilines is 1. The van der Waals surface area contributed by atoms with Crippen molar-refractivity contribution in [3.05, 3.63) is 29.3 Å². The van der Waals surface area contributed by atoms with Crippen molar-refractivity contribution in [2.45, 2.75) is 45.6 Å². The summed E-state index contributed by atoms with van der Waals surface area (Å²) in [4.78, 5) is 11.2. The number of benzene rings is 1. The summed E-state index contributed by atoms with van der Waals surface area (Å²) in [7, 11) is 0. The predicted octanol–water partition coefficient (Wildman–Crippen LogP) is 3.69. The zero-order chi connectivity index (χ0) is 15.6. The fourth-order valence-corrected chi connectivity index (χ4v) is 3.18. The van der Waals surface area contributed by atoms with Gasteiger partial charge in [0.05, 0.1) is 11.3 Å². The SMILES string of the molecule is CC(C)C1CCCCC1Nc1cc(C(N)=O)c(F)cc1F. The maximum absolute atomic E-state index is 13.9. The lowest BCUT2D eigenvalue weighted by Gasteiger charge is -2.35. The van der Waals surface area contributed by atoms with Gasteiger partial charge in [0.2, 0.25) is 0 Å². The van der Waals surface area contributed by atoms with E-state index < -0.39 is 17.5 Å². The minimum Gasteiger partial charge on any atom is -0.380 e. The van der Waals surface area contributed by atoms with Gasteiger partial charge < -0.3 is 11.1 Å². The van der Waals surface area contributed by atoms with Crippen molar-refractivity contribution in [1.82, 2.24) is 0 Å². The van der Waals surface area contributed by atoms with E-state index in [1.165, 1.54) is 12.5 Å². The second-order valence-corrected chi connectivity index (χ2v) is 6.12. The van der Waals surface area contributed by atoms with Crippen LogP contribution in [-0.4, -0.2) is 11.9 Å². The number of primary amides is 1. The van der Waals surface area contributed by atoms with E-state index in [1.54, 1.807) is 0 Å². The van der Waals surface area contributed by atoms with Gasteiger partial charge in [-0.3, -0.25) is 4.79 Å². The van der Waals surface area contributed by atoms with Crippen LogP contribution in [-0.2, 0) is 0 Å². The van der Waals surface area contributed by atoms with Crippen molar-refractivity contribution < 1.29 is 13.6 Å². The van der Waals surface area contributed by atoms with Crippen LogP contribution in [0, 0.1) is 23.5 Å². The molecule has 1 aromatic carbocycles. The molecule has 1 aliphatic rings. The van der Waals surface area contributed by atoms with Gasteiger partial charge in [-0.05, 0) is 30.7 Å². The lowest BCUT2D eigenvalue weighted by Crippen LogP contribution is -2.35. The van der Waals surface area contributed by atoms with E-state index in [9.17, 15) is 13.6 Å². The smallest absolute Gasteiger partial charge is 0.251 e. The third-order valence-corrected chi connectivity index (χ3v) is 4.34. The van der Waals surface area contributed by atoms with Crippen LogP contribution in [0.25, 0.3) is 0 Å². The highest BCUT2D eigenvalue weighted by molar-refractivity contribution is 5.94. The van der Waals surface area contributed by atoms with E-state index in [4.69, 9.17) is 5.73 Å². The fraction of sp³-hybridized carbons (Fsp3) is 0.562.